The van der Waals surface area contributed by atoms with Crippen LogP contribution in [0, 0.1) is 0 Å². The summed E-state index contributed by atoms with van der Waals surface area (Å²) in [5.41, 5.74) is 1.23. The lowest BCUT2D eigenvalue weighted by Crippen LogP contribution is -2.10. The molecule has 0 saturated carbocycles. The van der Waals surface area contributed by atoms with Gasteiger partial charge >= 0.3 is 17.9 Å². The Morgan fingerprint density at radius 1 is 0.903 bits per heavy atom. The Hall–Kier alpha value is -3.09. The highest BCUT2D eigenvalue weighted by atomic mass is 16.5. The van der Waals surface area contributed by atoms with Crippen LogP contribution in [0.3, 0.4) is 0 Å². The third-order valence-corrected chi connectivity index (χ3v) is 4.17. The third kappa shape index (κ3) is 12.9. The summed E-state index contributed by atoms with van der Waals surface area (Å²) in [7, 11) is 1.34. The number of hydrogen-bond donors (Lipinski definition) is 0. The summed E-state index contributed by atoms with van der Waals surface area (Å²) in [6.07, 6.45) is 7.37. The zero-order valence-corrected chi connectivity index (χ0v) is 18.4. The molecule has 1 aromatic carbocycles. The van der Waals surface area contributed by atoms with Crippen LogP contribution < -0.4 is 4.74 Å². The van der Waals surface area contributed by atoms with E-state index in [4.69, 9.17) is 14.2 Å². The summed E-state index contributed by atoms with van der Waals surface area (Å²) in [5, 5.41) is 0. The predicted octanol–water partition coefficient (Wildman–Crippen LogP) is 4.25. The van der Waals surface area contributed by atoms with Gasteiger partial charge < -0.3 is 18.9 Å². The number of carbonyl (C=O) groups excluding carboxylic acids is 3. The molecule has 0 N–H and O–H groups in total. The van der Waals surface area contributed by atoms with Crippen LogP contribution in [0.1, 0.15) is 51.0 Å². The molecule has 7 nitrogen and oxygen atoms in total. The number of methoxy groups -OCH3 is 1. The van der Waals surface area contributed by atoms with E-state index in [0.29, 0.717) is 25.2 Å². The molecule has 0 aliphatic carbocycles. The standard InChI is InChI=1S/C24H32O7/c1-19(2)24(27)31-18-8-9-23(26)30-17-7-5-4-6-16-29-21-13-10-20(11-14-21)12-15-22(25)28-3/h10-15H,1,4-9,16-18H2,2-3H3/b15-12+. The molecule has 0 aromatic heterocycles. The van der Waals surface area contributed by atoms with E-state index in [-0.39, 0.29) is 19.0 Å². The first-order chi connectivity index (χ1) is 14.9. The molecule has 0 bridgehead atoms. The number of esters is 3. The number of rotatable bonds is 15. The smallest absolute Gasteiger partial charge is 0.333 e. The van der Waals surface area contributed by atoms with E-state index in [1.807, 2.05) is 24.3 Å². The maximum absolute atomic E-state index is 11.6. The zero-order valence-electron chi connectivity index (χ0n) is 18.4. The van der Waals surface area contributed by atoms with Crippen LogP contribution in [-0.2, 0) is 28.6 Å². The van der Waals surface area contributed by atoms with E-state index in [1.165, 1.54) is 13.2 Å². The second-order valence-electron chi connectivity index (χ2n) is 6.93. The molecule has 0 fully saturated rings. The molecular formula is C24H32O7. The monoisotopic (exact) mass is 432 g/mol. The fraction of sp³-hybridized carbons (Fsp3) is 0.458. The molecular weight excluding hydrogens is 400 g/mol. The first-order valence-corrected chi connectivity index (χ1v) is 10.4. The molecule has 0 unspecified atom stereocenters. The van der Waals surface area contributed by atoms with Crippen LogP contribution in [0.4, 0.5) is 0 Å². The van der Waals surface area contributed by atoms with Crippen molar-refractivity contribution in [1.82, 2.24) is 0 Å². The summed E-state index contributed by atoms with van der Waals surface area (Å²) >= 11 is 0. The van der Waals surface area contributed by atoms with Crippen molar-refractivity contribution >= 4 is 24.0 Å². The van der Waals surface area contributed by atoms with Gasteiger partial charge in [-0.3, -0.25) is 4.79 Å². The molecule has 0 atom stereocenters. The van der Waals surface area contributed by atoms with Crippen LogP contribution in [-0.4, -0.2) is 44.8 Å². The van der Waals surface area contributed by atoms with Crippen molar-refractivity contribution in [2.75, 3.05) is 26.9 Å². The van der Waals surface area contributed by atoms with Gasteiger partial charge in [0, 0.05) is 18.1 Å². The molecule has 31 heavy (non-hydrogen) atoms. The first kappa shape index (κ1) is 25.9. The van der Waals surface area contributed by atoms with Crippen molar-refractivity contribution in [3.05, 3.63) is 48.1 Å². The van der Waals surface area contributed by atoms with Gasteiger partial charge in [0.2, 0.25) is 0 Å². The van der Waals surface area contributed by atoms with Crippen molar-refractivity contribution in [3.63, 3.8) is 0 Å². The van der Waals surface area contributed by atoms with Crippen molar-refractivity contribution < 1.29 is 33.3 Å². The van der Waals surface area contributed by atoms with Crippen LogP contribution in [0.2, 0.25) is 0 Å². The molecule has 1 aromatic rings. The van der Waals surface area contributed by atoms with Gasteiger partial charge in [-0.15, -0.1) is 0 Å². The minimum absolute atomic E-state index is 0.188. The normalized spacial score (nSPS) is 10.5. The van der Waals surface area contributed by atoms with E-state index in [9.17, 15) is 14.4 Å². The van der Waals surface area contributed by atoms with Gasteiger partial charge in [-0.25, -0.2) is 9.59 Å². The van der Waals surface area contributed by atoms with Crippen molar-refractivity contribution in [2.45, 2.75) is 45.4 Å². The number of unbranched alkanes of at least 4 members (excludes halogenated alkanes) is 3. The van der Waals surface area contributed by atoms with Crippen molar-refractivity contribution in [2.24, 2.45) is 0 Å². The summed E-state index contributed by atoms with van der Waals surface area (Å²) in [4.78, 5) is 33.9. The first-order valence-electron chi connectivity index (χ1n) is 10.4. The minimum Gasteiger partial charge on any atom is -0.494 e. The van der Waals surface area contributed by atoms with E-state index in [2.05, 4.69) is 11.3 Å². The molecule has 170 valence electrons. The zero-order chi connectivity index (χ0) is 22.9. The molecule has 0 saturated heterocycles. The van der Waals surface area contributed by atoms with Gasteiger partial charge in [-0.1, -0.05) is 18.7 Å². The van der Waals surface area contributed by atoms with Crippen molar-refractivity contribution in [1.29, 1.82) is 0 Å². The summed E-state index contributed by atoms with van der Waals surface area (Å²) in [5.74, 6) is -0.337. The van der Waals surface area contributed by atoms with Gasteiger partial charge in [-0.2, -0.15) is 0 Å². The summed E-state index contributed by atoms with van der Waals surface area (Å²) < 4.78 is 20.3. The van der Waals surface area contributed by atoms with Crippen LogP contribution in [0.15, 0.2) is 42.5 Å². The number of ether oxygens (including phenoxy) is 4. The highest BCUT2D eigenvalue weighted by molar-refractivity contribution is 5.87. The quantitative estimate of drug-likeness (QED) is 0.177. The Bertz CT molecular complexity index is 735. The fourth-order valence-electron chi connectivity index (χ4n) is 2.42. The number of benzene rings is 1. The molecule has 0 aliphatic rings. The van der Waals surface area contributed by atoms with Crippen LogP contribution in [0.5, 0.6) is 5.75 Å². The molecule has 0 radical (unpaired) electrons. The molecule has 1 rings (SSSR count). The molecule has 0 heterocycles. The highest BCUT2D eigenvalue weighted by Crippen LogP contribution is 2.14. The van der Waals surface area contributed by atoms with E-state index in [0.717, 1.165) is 37.0 Å². The Morgan fingerprint density at radius 2 is 1.55 bits per heavy atom. The van der Waals surface area contributed by atoms with E-state index >= 15 is 0 Å². The average Bonchev–Trinajstić information content (AvgIpc) is 2.77. The van der Waals surface area contributed by atoms with Gasteiger partial charge in [-0.05, 0) is 62.8 Å². The van der Waals surface area contributed by atoms with Gasteiger partial charge in [0.1, 0.15) is 5.75 Å². The van der Waals surface area contributed by atoms with Crippen LogP contribution in [0.25, 0.3) is 6.08 Å². The Kier molecular flexibility index (Phi) is 13.1. The van der Waals surface area contributed by atoms with Gasteiger partial charge in [0.15, 0.2) is 0 Å². The third-order valence-electron chi connectivity index (χ3n) is 4.17. The summed E-state index contributed by atoms with van der Waals surface area (Å²) in [6.45, 7) is 6.26. The lowest BCUT2D eigenvalue weighted by molar-refractivity contribution is -0.146. The molecule has 0 aliphatic heterocycles. The topological polar surface area (TPSA) is 88.1 Å². The Morgan fingerprint density at radius 3 is 2.19 bits per heavy atom. The second-order valence-corrected chi connectivity index (χ2v) is 6.93. The number of hydrogen-bond acceptors (Lipinski definition) is 7. The van der Waals surface area contributed by atoms with Crippen molar-refractivity contribution in [3.8, 4) is 5.75 Å². The minimum atomic E-state index is -0.442. The predicted molar refractivity (Wildman–Crippen MR) is 117 cm³/mol. The lowest BCUT2D eigenvalue weighted by atomic mass is 10.2. The van der Waals surface area contributed by atoms with E-state index < -0.39 is 11.9 Å². The largest absolute Gasteiger partial charge is 0.494 e. The van der Waals surface area contributed by atoms with Crippen LogP contribution >= 0.6 is 0 Å². The highest BCUT2D eigenvalue weighted by Gasteiger charge is 2.06. The lowest BCUT2D eigenvalue weighted by Gasteiger charge is -2.07. The Labute approximate surface area is 184 Å². The number of carbonyl (C=O) groups is 3. The van der Waals surface area contributed by atoms with Gasteiger partial charge in [0.05, 0.1) is 26.9 Å². The molecule has 0 amide bonds. The average molecular weight is 433 g/mol. The van der Waals surface area contributed by atoms with E-state index in [1.54, 1.807) is 13.0 Å². The fourth-order valence-corrected chi connectivity index (χ4v) is 2.42. The maximum Gasteiger partial charge on any atom is 0.333 e. The molecule has 0 spiro atoms. The summed E-state index contributed by atoms with van der Waals surface area (Å²) in [6, 6.07) is 7.45. The van der Waals surface area contributed by atoms with Gasteiger partial charge in [0.25, 0.3) is 0 Å². The Balaban J connectivity index is 2.01. The SMILES string of the molecule is C=C(C)C(=O)OCCCC(=O)OCCCCCCOc1ccc(/C=C/C(=O)OC)cc1. The molecule has 7 heteroatoms. The second kappa shape index (κ2) is 15.7. The maximum atomic E-state index is 11.6.